The molecular formula is C11H20ClNO2. The van der Waals surface area contributed by atoms with E-state index < -0.39 is 5.41 Å². The van der Waals surface area contributed by atoms with Gasteiger partial charge in [-0.05, 0) is 33.1 Å². The van der Waals surface area contributed by atoms with Crippen LogP contribution in [-0.2, 0) is 4.79 Å². The van der Waals surface area contributed by atoms with Crippen molar-refractivity contribution in [1.29, 1.82) is 0 Å². The zero-order chi connectivity index (χ0) is 11.5. The van der Waals surface area contributed by atoms with Gasteiger partial charge >= 0.3 is 0 Å². The van der Waals surface area contributed by atoms with Gasteiger partial charge in [-0.2, -0.15) is 0 Å². The predicted octanol–water partition coefficient (Wildman–Crippen LogP) is 1.62. The highest BCUT2D eigenvalue weighted by Gasteiger charge is 2.35. The highest BCUT2D eigenvalue weighted by molar-refractivity contribution is 6.19. The van der Waals surface area contributed by atoms with E-state index in [0.717, 1.165) is 25.8 Å². The zero-order valence-electron chi connectivity index (χ0n) is 9.50. The highest BCUT2D eigenvalue weighted by atomic mass is 35.5. The largest absolute Gasteiger partial charge is 0.394 e. The summed E-state index contributed by atoms with van der Waals surface area (Å²) in [6, 6.07) is -0.00579. The Morgan fingerprint density at radius 1 is 1.53 bits per heavy atom. The number of likely N-dealkylation sites (tertiary alicyclic amines) is 1. The number of aliphatic hydroxyl groups is 1. The molecule has 0 aromatic carbocycles. The van der Waals surface area contributed by atoms with Crippen LogP contribution in [0.15, 0.2) is 0 Å². The third kappa shape index (κ3) is 2.85. The normalized spacial score (nSPS) is 22.9. The minimum atomic E-state index is -0.522. The van der Waals surface area contributed by atoms with Gasteiger partial charge < -0.3 is 10.0 Å². The summed E-state index contributed by atoms with van der Waals surface area (Å²) >= 11 is 5.79. The smallest absolute Gasteiger partial charge is 0.229 e. The fourth-order valence-corrected chi connectivity index (χ4v) is 2.02. The molecule has 0 aliphatic carbocycles. The van der Waals surface area contributed by atoms with Crippen LogP contribution in [0, 0.1) is 5.41 Å². The molecule has 1 amide bonds. The molecule has 0 aromatic heterocycles. The lowest BCUT2D eigenvalue weighted by molar-refractivity contribution is -0.144. The van der Waals surface area contributed by atoms with Crippen LogP contribution >= 0.6 is 11.6 Å². The summed E-state index contributed by atoms with van der Waals surface area (Å²) in [7, 11) is 0. The second-order valence-electron chi connectivity index (χ2n) is 4.85. The predicted molar refractivity (Wildman–Crippen MR) is 60.9 cm³/mol. The van der Waals surface area contributed by atoms with E-state index in [1.54, 1.807) is 4.90 Å². The topological polar surface area (TPSA) is 40.5 Å². The average molecular weight is 234 g/mol. The van der Waals surface area contributed by atoms with E-state index in [2.05, 4.69) is 0 Å². The molecule has 1 saturated heterocycles. The Morgan fingerprint density at radius 2 is 2.20 bits per heavy atom. The third-order valence-electron chi connectivity index (χ3n) is 3.01. The fraction of sp³-hybridized carbons (Fsp3) is 0.909. The van der Waals surface area contributed by atoms with Crippen LogP contribution in [0.3, 0.4) is 0 Å². The number of alkyl halides is 1. The number of carbonyl (C=O) groups is 1. The van der Waals surface area contributed by atoms with Gasteiger partial charge in [0.2, 0.25) is 5.91 Å². The second kappa shape index (κ2) is 5.17. The molecule has 0 saturated carbocycles. The Kier molecular flexibility index (Phi) is 4.41. The number of nitrogens with zero attached hydrogens (tertiary/aromatic N) is 1. The molecule has 3 nitrogen and oxygen atoms in total. The van der Waals surface area contributed by atoms with E-state index in [1.165, 1.54) is 0 Å². The van der Waals surface area contributed by atoms with E-state index >= 15 is 0 Å². The molecule has 1 unspecified atom stereocenters. The Hall–Kier alpha value is -0.280. The van der Waals surface area contributed by atoms with E-state index in [1.807, 2.05) is 13.8 Å². The molecule has 1 fully saturated rings. The first-order valence-electron chi connectivity index (χ1n) is 5.51. The zero-order valence-corrected chi connectivity index (χ0v) is 10.3. The summed E-state index contributed by atoms with van der Waals surface area (Å²) in [5.41, 5.74) is -0.522. The van der Waals surface area contributed by atoms with Crippen LogP contribution in [0.5, 0.6) is 0 Å². The first kappa shape index (κ1) is 12.8. The summed E-state index contributed by atoms with van der Waals surface area (Å²) in [6.45, 7) is 4.52. The minimum Gasteiger partial charge on any atom is -0.394 e. The standard InChI is InChI=1S/C11H20ClNO2/c1-11(2,8-12)10(15)13-6-4-3-5-9(13)7-14/h9,14H,3-8H2,1-2H3. The van der Waals surface area contributed by atoms with Crippen LogP contribution in [0.1, 0.15) is 33.1 Å². The summed E-state index contributed by atoms with van der Waals surface area (Å²) < 4.78 is 0. The maximum atomic E-state index is 12.2. The minimum absolute atomic E-state index is 0.00579. The van der Waals surface area contributed by atoms with Crippen LogP contribution in [0.4, 0.5) is 0 Å². The quantitative estimate of drug-likeness (QED) is 0.753. The number of rotatable bonds is 3. The van der Waals surface area contributed by atoms with E-state index in [9.17, 15) is 9.90 Å². The molecule has 0 radical (unpaired) electrons. The number of hydrogen-bond acceptors (Lipinski definition) is 2. The van der Waals surface area contributed by atoms with Crippen LogP contribution in [-0.4, -0.2) is 41.0 Å². The number of carbonyl (C=O) groups excluding carboxylic acids is 1. The van der Waals surface area contributed by atoms with Crippen molar-refractivity contribution in [1.82, 2.24) is 4.90 Å². The van der Waals surface area contributed by atoms with Gasteiger partial charge in [0.1, 0.15) is 0 Å². The molecule has 0 spiro atoms. The monoisotopic (exact) mass is 233 g/mol. The summed E-state index contributed by atoms with van der Waals surface area (Å²) in [4.78, 5) is 13.9. The van der Waals surface area contributed by atoms with Gasteiger partial charge in [0.15, 0.2) is 0 Å². The van der Waals surface area contributed by atoms with Gasteiger partial charge in [-0.25, -0.2) is 0 Å². The Balaban J connectivity index is 2.72. The SMILES string of the molecule is CC(C)(CCl)C(=O)N1CCCCC1CO. The Labute approximate surface area is 96.4 Å². The molecule has 0 bridgehead atoms. The summed E-state index contributed by atoms with van der Waals surface area (Å²) in [6.07, 6.45) is 3.03. The third-order valence-corrected chi connectivity index (χ3v) is 3.68. The molecule has 15 heavy (non-hydrogen) atoms. The second-order valence-corrected chi connectivity index (χ2v) is 5.12. The Bertz CT molecular complexity index is 231. The van der Waals surface area contributed by atoms with Gasteiger partial charge in [0.05, 0.1) is 18.1 Å². The number of halogens is 1. The van der Waals surface area contributed by atoms with Gasteiger partial charge in [-0.1, -0.05) is 0 Å². The van der Waals surface area contributed by atoms with Gasteiger partial charge in [0.25, 0.3) is 0 Å². The van der Waals surface area contributed by atoms with Crippen molar-refractivity contribution in [2.45, 2.75) is 39.2 Å². The van der Waals surface area contributed by atoms with Crippen molar-refractivity contribution in [3.8, 4) is 0 Å². The number of aliphatic hydroxyl groups excluding tert-OH is 1. The molecule has 1 rings (SSSR count). The Morgan fingerprint density at radius 3 is 2.73 bits per heavy atom. The van der Waals surface area contributed by atoms with Crippen molar-refractivity contribution in [2.75, 3.05) is 19.0 Å². The van der Waals surface area contributed by atoms with Crippen LogP contribution in [0.2, 0.25) is 0 Å². The highest BCUT2D eigenvalue weighted by Crippen LogP contribution is 2.26. The molecule has 0 aromatic rings. The first-order valence-corrected chi connectivity index (χ1v) is 6.04. The van der Waals surface area contributed by atoms with Crippen molar-refractivity contribution < 1.29 is 9.90 Å². The lowest BCUT2D eigenvalue weighted by Crippen LogP contribution is -2.51. The van der Waals surface area contributed by atoms with Gasteiger partial charge in [-0.3, -0.25) is 4.79 Å². The molecular weight excluding hydrogens is 214 g/mol. The van der Waals surface area contributed by atoms with E-state index in [4.69, 9.17) is 11.6 Å². The molecule has 1 heterocycles. The summed E-state index contributed by atoms with van der Waals surface area (Å²) in [5.74, 6) is 0.386. The molecule has 1 aliphatic heterocycles. The molecule has 1 N–H and O–H groups in total. The van der Waals surface area contributed by atoms with Gasteiger partial charge in [-0.15, -0.1) is 11.6 Å². The average Bonchev–Trinajstić information content (AvgIpc) is 2.28. The van der Waals surface area contributed by atoms with Crippen molar-refractivity contribution >= 4 is 17.5 Å². The number of amides is 1. The lowest BCUT2D eigenvalue weighted by Gasteiger charge is -2.39. The molecule has 1 aliphatic rings. The van der Waals surface area contributed by atoms with Gasteiger partial charge in [0, 0.05) is 12.4 Å². The van der Waals surface area contributed by atoms with Crippen LogP contribution < -0.4 is 0 Å². The summed E-state index contributed by atoms with van der Waals surface area (Å²) in [5, 5.41) is 9.22. The maximum absolute atomic E-state index is 12.2. The molecule has 88 valence electrons. The van der Waals surface area contributed by atoms with Crippen molar-refractivity contribution in [3.63, 3.8) is 0 Å². The van der Waals surface area contributed by atoms with E-state index in [0.29, 0.717) is 5.88 Å². The molecule has 4 heteroatoms. The van der Waals surface area contributed by atoms with Crippen molar-refractivity contribution in [3.05, 3.63) is 0 Å². The van der Waals surface area contributed by atoms with E-state index in [-0.39, 0.29) is 18.6 Å². The van der Waals surface area contributed by atoms with Crippen LogP contribution in [0.25, 0.3) is 0 Å². The molecule has 1 atom stereocenters. The lowest BCUT2D eigenvalue weighted by atomic mass is 9.91. The number of piperidine rings is 1. The maximum Gasteiger partial charge on any atom is 0.229 e. The first-order chi connectivity index (χ1) is 7.03. The number of hydrogen-bond donors (Lipinski definition) is 1. The van der Waals surface area contributed by atoms with Crippen molar-refractivity contribution in [2.24, 2.45) is 5.41 Å². The fourth-order valence-electron chi connectivity index (χ4n) is 1.90.